The Balaban J connectivity index is 2.02. The van der Waals surface area contributed by atoms with E-state index in [9.17, 15) is 9.59 Å². The van der Waals surface area contributed by atoms with Crippen molar-refractivity contribution in [3.05, 3.63) is 42.4 Å². The molecule has 0 unspecified atom stereocenters. The molecule has 0 atom stereocenters. The van der Waals surface area contributed by atoms with E-state index in [0.29, 0.717) is 34.1 Å². The topological polar surface area (TPSA) is 149 Å². The fourth-order valence-electron chi connectivity index (χ4n) is 2.92. The summed E-state index contributed by atoms with van der Waals surface area (Å²) >= 11 is 0. The molecule has 2 heterocycles. The van der Waals surface area contributed by atoms with Crippen molar-refractivity contribution >= 4 is 29.0 Å². The van der Waals surface area contributed by atoms with Crippen LogP contribution in [0.15, 0.2) is 36.8 Å². The van der Waals surface area contributed by atoms with Crippen molar-refractivity contribution in [2.75, 3.05) is 31.3 Å². The number of amides is 2. The fourth-order valence-corrected chi connectivity index (χ4v) is 2.92. The lowest BCUT2D eigenvalue weighted by Gasteiger charge is -2.16. The Hall–Kier alpha value is -3.99. The van der Waals surface area contributed by atoms with Crippen LogP contribution in [0.2, 0.25) is 0 Å². The highest BCUT2D eigenvalue weighted by molar-refractivity contribution is 6.01. The number of nitrogens with two attached hydrogens (primary N) is 1. The van der Waals surface area contributed by atoms with E-state index in [1.807, 2.05) is 12.1 Å². The van der Waals surface area contributed by atoms with Crippen molar-refractivity contribution in [3.8, 4) is 17.1 Å². The number of benzene rings is 1. The summed E-state index contributed by atoms with van der Waals surface area (Å²) in [7, 11) is 4.84. The molecule has 3 rings (SSSR count). The Morgan fingerprint density at radius 1 is 1.23 bits per heavy atom. The summed E-state index contributed by atoms with van der Waals surface area (Å²) in [5.74, 6) is 0.682. The van der Waals surface area contributed by atoms with Crippen LogP contribution in [0.25, 0.3) is 11.4 Å². The maximum atomic E-state index is 12.4. The summed E-state index contributed by atoms with van der Waals surface area (Å²) in [4.78, 5) is 32.7. The number of rotatable bonds is 8. The first-order chi connectivity index (χ1) is 15.0. The third-order valence-corrected chi connectivity index (χ3v) is 4.34. The molecule has 0 aliphatic carbocycles. The van der Waals surface area contributed by atoms with E-state index in [-0.39, 0.29) is 30.6 Å². The van der Waals surface area contributed by atoms with Crippen LogP contribution in [0.1, 0.15) is 16.8 Å². The van der Waals surface area contributed by atoms with E-state index in [1.165, 1.54) is 20.4 Å². The third-order valence-electron chi connectivity index (χ3n) is 4.34. The summed E-state index contributed by atoms with van der Waals surface area (Å²) in [6, 6.07) is 7.03. The zero-order chi connectivity index (χ0) is 22.4. The molecule has 11 heteroatoms. The predicted octanol–water partition coefficient (Wildman–Crippen LogP) is 1.28. The lowest BCUT2D eigenvalue weighted by molar-refractivity contribution is -0.116. The zero-order valence-corrected chi connectivity index (χ0v) is 17.5. The maximum absolute atomic E-state index is 12.4. The minimum atomic E-state index is -0.337. The number of nitrogens with zero attached hydrogens (tertiary/aromatic N) is 4. The smallest absolute Gasteiger partial charge is 0.254 e. The Morgan fingerprint density at radius 2 is 2.03 bits per heavy atom. The van der Waals surface area contributed by atoms with E-state index in [2.05, 4.69) is 31.0 Å². The van der Waals surface area contributed by atoms with E-state index in [0.717, 1.165) is 0 Å². The van der Waals surface area contributed by atoms with Gasteiger partial charge in [0.2, 0.25) is 5.91 Å². The van der Waals surface area contributed by atoms with Crippen molar-refractivity contribution in [1.29, 1.82) is 0 Å². The normalized spacial score (nSPS) is 10.5. The van der Waals surface area contributed by atoms with Gasteiger partial charge in [-0.2, -0.15) is 5.10 Å². The van der Waals surface area contributed by atoms with E-state index >= 15 is 0 Å². The van der Waals surface area contributed by atoms with Crippen LogP contribution in [0.5, 0.6) is 5.75 Å². The molecular weight excluding hydrogens is 400 g/mol. The van der Waals surface area contributed by atoms with Gasteiger partial charge in [0, 0.05) is 39.3 Å². The van der Waals surface area contributed by atoms with Crippen LogP contribution in [0.3, 0.4) is 0 Å². The van der Waals surface area contributed by atoms with E-state index in [4.69, 9.17) is 10.5 Å². The van der Waals surface area contributed by atoms with Crippen LogP contribution >= 0.6 is 0 Å². The Morgan fingerprint density at radius 3 is 2.68 bits per heavy atom. The fraction of sp³-hybridized carbons (Fsp3) is 0.250. The monoisotopic (exact) mass is 424 g/mol. The first kappa shape index (κ1) is 21.7. The summed E-state index contributed by atoms with van der Waals surface area (Å²) in [6.45, 7) is 0.221. The van der Waals surface area contributed by atoms with Crippen molar-refractivity contribution in [1.82, 2.24) is 25.1 Å². The van der Waals surface area contributed by atoms with Crippen molar-refractivity contribution in [2.45, 2.75) is 6.42 Å². The van der Waals surface area contributed by atoms with Gasteiger partial charge in [-0.1, -0.05) is 6.07 Å². The van der Waals surface area contributed by atoms with Crippen LogP contribution in [-0.2, 0) is 11.8 Å². The van der Waals surface area contributed by atoms with Gasteiger partial charge in [-0.15, -0.1) is 0 Å². The number of pyridine rings is 1. The van der Waals surface area contributed by atoms with Gasteiger partial charge in [-0.3, -0.25) is 14.3 Å². The second-order valence-corrected chi connectivity index (χ2v) is 6.53. The lowest BCUT2D eigenvalue weighted by Crippen LogP contribution is -2.21. The number of hydrogen-bond acceptors (Lipinski definition) is 8. The number of ether oxygens (including phenoxy) is 1. The van der Waals surface area contributed by atoms with Gasteiger partial charge >= 0.3 is 0 Å². The summed E-state index contributed by atoms with van der Waals surface area (Å²) < 4.78 is 7.21. The molecule has 162 valence electrons. The van der Waals surface area contributed by atoms with Gasteiger partial charge in [0.1, 0.15) is 12.1 Å². The van der Waals surface area contributed by atoms with E-state index in [1.54, 1.807) is 30.2 Å². The molecule has 0 saturated carbocycles. The Labute approximate surface area is 179 Å². The highest BCUT2D eigenvalue weighted by Crippen LogP contribution is 2.37. The molecule has 0 aliphatic heterocycles. The number of aryl methyl sites for hydroxylation is 1. The van der Waals surface area contributed by atoms with Gasteiger partial charge in [0.15, 0.2) is 11.6 Å². The average molecular weight is 424 g/mol. The first-order valence-electron chi connectivity index (χ1n) is 9.49. The SMILES string of the molecule is CNC(=O)c1cnc(NC(=O)CCN)cc1Nc1cccc(-c2ncn(C)n2)c1OC. The lowest BCUT2D eigenvalue weighted by atomic mass is 10.1. The minimum absolute atomic E-state index is 0.161. The number of anilines is 3. The van der Waals surface area contributed by atoms with Crippen LogP contribution in [-0.4, -0.2) is 52.3 Å². The molecule has 11 nitrogen and oxygen atoms in total. The van der Waals surface area contributed by atoms with Gasteiger partial charge in [-0.05, 0) is 12.1 Å². The Bertz CT molecular complexity index is 1100. The average Bonchev–Trinajstić information content (AvgIpc) is 3.19. The molecular formula is C20H24N8O3. The predicted molar refractivity (Wildman–Crippen MR) is 116 cm³/mol. The zero-order valence-electron chi connectivity index (χ0n) is 17.5. The van der Waals surface area contributed by atoms with Gasteiger partial charge in [0.25, 0.3) is 5.91 Å². The number of hydrogen-bond donors (Lipinski definition) is 4. The van der Waals surface area contributed by atoms with Gasteiger partial charge in [-0.25, -0.2) is 9.97 Å². The van der Waals surface area contributed by atoms with Crippen molar-refractivity contribution in [2.24, 2.45) is 12.8 Å². The number of para-hydroxylation sites is 1. The first-order valence-corrected chi connectivity index (χ1v) is 9.49. The number of carbonyl (C=O) groups is 2. The number of methoxy groups -OCH3 is 1. The molecule has 0 radical (unpaired) electrons. The highest BCUT2D eigenvalue weighted by Gasteiger charge is 2.18. The number of aromatic nitrogens is 4. The standard InChI is InChI=1S/C20H24N8O3/c1-22-20(30)13-10-23-16(26-17(29)7-8-21)9-15(13)25-14-6-4-5-12(18(14)31-3)19-24-11-28(2)27-19/h4-6,9-11H,7-8,21H2,1-3H3,(H,22,30)(H2,23,25,26,29). The van der Waals surface area contributed by atoms with Crippen LogP contribution in [0.4, 0.5) is 17.2 Å². The molecule has 31 heavy (non-hydrogen) atoms. The second kappa shape index (κ2) is 9.67. The Kier molecular flexibility index (Phi) is 6.78. The van der Waals surface area contributed by atoms with Gasteiger partial charge in [0.05, 0.1) is 29.6 Å². The molecule has 1 aromatic carbocycles. The van der Waals surface area contributed by atoms with Crippen LogP contribution in [0, 0.1) is 0 Å². The van der Waals surface area contributed by atoms with E-state index < -0.39 is 0 Å². The summed E-state index contributed by atoms with van der Waals surface area (Å²) in [5, 5.41) is 12.8. The minimum Gasteiger partial charge on any atom is -0.494 e. The second-order valence-electron chi connectivity index (χ2n) is 6.53. The van der Waals surface area contributed by atoms with Crippen molar-refractivity contribution in [3.63, 3.8) is 0 Å². The largest absolute Gasteiger partial charge is 0.494 e. The molecule has 2 aromatic heterocycles. The van der Waals surface area contributed by atoms with Gasteiger partial charge < -0.3 is 26.4 Å². The number of nitrogens with one attached hydrogen (secondary N) is 3. The molecule has 0 bridgehead atoms. The molecule has 0 saturated heterocycles. The van der Waals surface area contributed by atoms with Crippen molar-refractivity contribution < 1.29 is 14.3 Å². The number of carbonyl (C=O) groups excluding carboxylic acids is 2. The highest BCUT2D eigenvalue weighted by atomic mass is 16.5. The molecule has 0 fully saturated rings. The third kappa shape index (κ3) is 4.95. The molecule has 0 aliphatic rings. The maximum Gasteiger partial charge on any atom is 0.254 e. The molecule has 3 aromatic rings. The summed E-state index contributed by atoms with van der Waals surface area (Å²) in [6.07, 6.45) is 3.14. The molecule has 2 amide bonds. The molecule has 5 N–H and O–H groups in total. The summed E-state index contributed by atoms with van der Waals surface area (Å²) in [5.41, 5.74) is 7.41. The van der Waals surface area contributed by atoms with Crippen LogP contribution < -0.4 is 26.4 Å². The molecule has 0 spiro atoms. The quantitative estimate of drug-likeness (QED) is 0.422.